The number of carboxylic acid groups (broad SMARTS) is 1. The van der Waals surface area contributed by atoms with Gasteiger partial charge in [0.2, 0.25) is 0 Å². The topological polar surface area (TPSA) is 85.5 Å². The fourth-order valence-corrected chi connectivity index (χ4v) is 2.43. The number of carboxylic acids is 1. The Morgan fingerprint density at radius 3 is 2.62 bits per heavy atom. The Balaban J connectivity index is 1.86. The molecule has 0 fully saturated rings. The van der Waals surface area contributed by atoms with Gasteiger partial charge in [-0.2, -0.15) is 0 Å². The molecule has 3 rings (SSSR count). The number of hydrogen-bond donors (Lipinski definition) is 1. The molecule has 0 aliphatic carbocycles. The van der Waals surface area contributed by atoms with E-state index in [0.29, 0.717) is 18.1 Å². The molecule has 1 N–H and O–H groups in total. The van der Waals surface area contributed by atoms with Gasteiger partial charge in [-0.25, -0.2) is 14.8 Å². The number of ether oxygens (including phenoxy) is 1. The Labute approximate surface area is 138 Å². The van der Waals surface area contributed by atoms with Gasteiger partial charge in [-0.05, 0) is 11.6 Å². The molecule has 6 nitrogen and oxygen atoms in total. The van der Waals surface area contributed by atoms with Crippen LogP contribution in [0.1, 0.15) is 27.5 Å². The van der Waals surface area contributed by atoms with Crippen LogP contribution in [0.2, 0.25) is 0 Å². The highest BCUT2D eigenvalue weighted by molar-refractivity contribution is 5.85. The molecule has 0 atom stereocenters. The summed E-state index contributed by atoms with van der Waals surface area (Å²) in [6.07, 6.45) is 3.60. The van der Waals surface area contributed by atoms with Crippen molar-refractivity contribution in [3.8, 4) is 17.0 Å². The van der Waals surface area contributed by atoms with Crippen molar-refractivity contribution < 1.29 is 19.1 Å². The molecular weight excluding hydrogens is 308 g/mol. The van der Waals surface area contributed by atoms with Crippen LogP contribution in [0.15, 0.2) is 47.2 Å². The number of carbonyl (C=O) groups is 1. The Morgan fingerprint density at radius 1 is 1.29 bits per heavy atom. The predicted octanol–water partition coefficient (Wildman–Crippen LogP) is 3.34. The molecule has 0 radical (unpaired) electrons. The zero-order valence-electron chi connectivity index (χ0n) is 13.3. The van der Waals surface area contributed by atoms with Crippen LogP contribution in [0.4, 0.5) is 0 Å². The van der Waals surface area contributed by atoms with E-state index in [2.05, 4.69) is 9.97 Å². The largest absolute Gasteiger partial charge is 0.495 e. The minimum absolute atomic E-state index is 0.000456. The molecule has 1 aromatic carbocycles. The van der Waals surface area contributed by atoms with Gasteiger partial charge >= 0.3 is 5.97 Å². The van der Waals surface area contributed by atoms with Crippen molar-refractivity contribution in [2.24, 2.45) is 0 Å². The quantitative estimate of drug-likeness (QED) is 0.774. The second kappa shape index (κ2) is 6.54. The lowest BCUT2D eigenvalue weighted by molar-refractivity contribution is 0.0690. The monoisotopic (exact) mass is 324 g/mol. The number of rotatable bonds is 5. The third-order valence-corrected chi connectivity index (χ3v) is 3.65. The number of hydrogen-bond acceptors (Lipinski definition) is 5. The zero-order chi connectivity index (χ0) is 17.1. The van der Waals surface area contributed by atoms with Crippen molar-refractivity contribution in [1.29, 1.82) is 0 Å². The highest BCUT2D eigenvalue weighted by atomic mass is 16.5. The predicted molar refractivity (Wildman–Crippen MR) is 87.2 cm³/mol. The summed E-state index contributed by atoms with van der Waals surface area (Å²) in [5.41, 5.74) is 3.55. The maximum atomic E-state index is 11.1. The van der Waals surface area contributed by atoms with E-state index in [9.17, 15) is 4.79 Å². The molecule has 0 amide bonds. The normalized spacial score (nSPS) is 10.6. The number of aryl methyl sites for hydroxylation is 1. The van der Waals surface area contributed by atoms with Crippen LogP contribution in [0, 0.1) is 6.92 Å². The molecule has 0 spiro atoms. The van der Waals surface area contributed by atoms with Gasteiger partial charge in [0.15, 0.2) is 5.89 Å². The Morgan fingerprint density at radius 2 is 2.04 bits per heavy atom. The summed E-state index contributed by atoms with van der Waals surface area (Å²) in [6, 6.07) is 9.40. The average molecular weight is 324 g/mol. The molecule has 122 valence electrons. The first-order chi connectivity index (χ1) is 11.6. The number of pyridine rings is 1. The first-order valence-electron chi connectivity index (χ1n) is 7.34. The molecule has 0 saturated carbocycles. The molecule has 0 bridgehead atoms. The second-order valence-corrected chi connectivity index (χ2v) is 5.31. The summed E-state index contributed by atoms with van der Waals surface area (Å²) in [4.78, 5) is 19.2. The molecule has 6 heteroatoms. The number of methoxy groups -OCH3 is 1. The fraction of sp³-hybridized carbons (Fsp3) is 0.167. The maximum Gasteiger partial charge on any atom is 0.354 e. The van der Waals surface area contributed by atoms with Crippen molar-refractivity contribution in [2.45, 2.75) is 13.3 Å². The van der Waals surface area contributed by atoms with Crippen LogP contribution in [-0.4, -0.2) is 28.2 Å². The molecule has 0 saturated heterocycles. The van der Waals surface area contributed by atoms with E-state index in [0.717, 1.165) is 22.4 Å². The van der Waals surface area contributed by atoms with Crippen LogP contribution < -0.4 is 4.74 Å². The number of benzene rings is 1. The van der Waals surface area contributed by atoms with E-state index in [4.69, 9.17) is 14.3 Å². The van der Waals surface area contributed by atoms with E-state index in [1.807, 2.05) is 24.3 Å². The summed E-state index contributed by atoms with van der Waals surface area (Å²) in [6.45, 7) is 1.80. The van der Waals surface area contributed by atoms with Gasteiger partial charge in [0, 0.05) is 24.5 Å². The smallest absolute Gasteiger partial charge is 0.354 e. The SMILES string of the molecule is COc1cnc(C(=O)O)cc1Cc1ccc(-c2coc(C)n2)cc1. The number of oxazole rings is 1. The number of aromatic nitrogens is 2. The Hall–Kier alpha value is -3.15. The molecule has 3 aromatic rings. The second-order valence-electron chi connectivity index (χ2n) is 5.31. The summed E-state index contributed by atoms with van der Waals surface area (Å²) in [5.74, 6) is 0.128. The van der Waals surface area contributed by atoms with Crippen molar-refractivity contribution in [1.82, 2.24) is 9.97 Å². The van der Waals surface area contributed by atoms with Gasteiger partial charge < -0.3 is 14.3 Å². The van der Waals surface area contributed by atoms with Crippen LogP contribution in [-0.2, 0) is 6.42 Å². The van der Waals surface area contributed by atoms with Crippen molar-refractivity contribution in [2.75, 3.05) is 7.11 Å². The van der Waals surface area contributed by atoms with Crippen molar-refractivity contribution in [3.63, 3.8) is 0 Å². The lowest BCUT2D eigenvalue weighted by atomic mass is 10.0. The van der Waals surface area contributed by atoms with Crippen LogP contribution in [0.3, 0.4) is 0 Å². The van der Waals surface area contributed by atoms with E-state index < -0.39 is 5.97 Å². The molecule has 0 unspecified atom stereocenters. The summed E-state index contributed by atoms with van der Waals surface area (Å²) in [5, 5.41) is 9.08. The average Bonchev–Trinajstić information content (AvgIpc) is 3.02. The lowest BCUT2D eigenvalue weighted by Gasteiger charge is -2.09. The number of nitrogens with zero attached hydrogens (tertiary/aromatic N) is 2. The number of aromatic carboxylic acids is 1. The van der Waals surface area contributed by atoms with E-state index in [1.165, 1.54) is 19.4 Å². The zero-order valence-corrected chi connectivity index (χ0v) is 13.3. The van der Waals surface area contributed by atoms with Gasteiger partial charge in [0.25, 0.3) is 0 Å². The van der Waals surface area contributed by atoms with E-state index >= 15 is 0 Å². The highest BCUT2D eigenvalue weighted by Gasteiger charge is 2.11. The summed E-state index contributed by atoms with van der Waals surface area (Å²) in [7, 11) is 1.54. The molecule has 2 aromatic heterocycles. The van der Waals surface area contributed by atoms with E-state index in [-0.39, 0.29) is 5.69 Å². The maximum absolute atomic E-state index is 11.1. The van der Waals surface area contributed by atoms with Crippen LogP contribution in [0.25, 0.3) is 11.3 Å². The standard InChI is InChI=1S/C18H16N2O4/c1-11-20-16(10-24-11)13-5-3-12(4-6-13)7-14-8-15(18(21)22)19-9-17(14)23-2/h3-6,8-10H,7H2,1-2H3,(H,21,22). The fourth-order valence-electron chi connectivity index (χ4n) is 2.43. The molecular formula is C18H16N2O4. The molecule has 0 aliphatic rings. The van der Waals surface area contributed by atoms with E-state index in [1.54, 1.807) is 13.2 Å². The Kier molecular flexibility index (Phi) is 4.29. The van der Waals surface area contributed by atoms with Crippen LogP contribution in [0.5, 0.6) is 5.75 Å². The Bertz CT molecular complexity index is 869. The van der Waals surface area contributed by atoms with Gasteiger partial charge in [-0.3, -0.25) is 0 Å². The van der Waals surface area contributed by atoms with Gasteiger partial charge in [-0.1, -0.05) is 24.3 Å². The third-order valence-electron chi connectivity index (χ3n) is 3.65. The van der Waals surface area contributed by atoms with Crippen molar-refractivity contribution >= 4 is 5.97 Å². The highest BCUT2D eigenvalue weighted by Crippen LogP contribution is 2.24. The lowest BCUT2D eigenvalue weighted by Crippen LogP contribution is -2.03. The molecule has 2 heterocycles. The third kappa shape index (κ3) is 3.27. The minimum Gasteiger partial charge on any atom is -0.495 e. The van der Waals surface area contributed by atoms with Gasteiger partial charge in [0.05, 0.1) is 13.3 Å². The van der Waals surface area contributed by atoms with Crippen molar-refractivity contribution in [3.05, 3.63) is 65.5 Å². The summed E-state index contributed by atoms with van der Waals surface area (Å²) >= 11 is 0. The first kappa shape index (κ1) is 15.7. The molecule has 24 heavy (non-hydrogen) atoms. The summed E-state index contributed by atoms with van der Waals surface area (Å²) < 4.78 is 10.5. The minimum atomic E-state index is -1.06. The molecule has 0 aliphatic heterocycles. The first-order valence-corrected chi connectivity index (χ1v) is 7.34. The van der Waals surface area contributed by atoms with Gasteiger partial charge in [-0.15, -0.1) is 0 Å². The van der Waals surface area contributed by atoms with Gasteiger partial charge in [0.1, 0.15) is 23.4 Å². The van der Waals surface area contributed by atoms with Crippen LogP contribution >= 0.6 is 0 Å².